The number of aromatic nitrogens is 2. The fourth-order valence-corrected chi connectivity index (χ4v) is 4.57. The number of halogens is 2. The summed E-state index contributed by atoms with van der Waals surface area (Å²) >= 11 is 0. The second-order valence-corrected chi connectivity index (χ2v) is 8.68. The Labute approximate surface area is 222 Å². The lowest BCUT2D eigenvalue weighted by Gasteiger charge is -2.14. The molecule has 0 saturated carbocycles. The van der Waals surface area contributed by atoms with Gasteiger partial charge in [-0.3, -0.25) is 15.3 Å². The van der Waals surface area contributed by atoms with Crippen LogP contribution in [0.1, 0.15) is 35.7 Å². The molecule has 9 heteroatoms. The molecule has 36 heavy (non-hydrogen) atoms. The third kappa shape index (κ3) is 5.81. The fraction of sp³-hybridized carbons (Fsp3) is 0.296. The Balaban J connectivity index is 0.00000180. The molecule has 0 aliphatic carbocycles. The van der Waals surface area contributed by atoms with E-state index in [1.165, 1.54) is 12.8 Å². The summed E-state index contributed by atoms with van der Waals surface area (Å²) in [6.07, 6.45) is 2.51. The maximum absolute atomic E-state index is 12.6. The van der Waals surface area contributed by atoms with E-state index in [1.807, 2.05) is 55.5 Å². The molecule has 1 aliphatic heterocycles. The number of amides is 1. The number of nitrogens with zero attached hydrogens (tertiary/aromatic N) is 2. The average Bonchev–Trinajstić information content (AvgIpc) is 3.53. The van der Waals surface area contributed by atoms with E-state index in [-0.39, 0.29) is 36.6 Å². The van der Waals surface area contributed by atoms with E-state index in [1.54, 1.807) is 0 Å². The molecule has 0 bridgehead atoms. The molecule has 1 amide bonds. The SMILES string of the molecule is CCOC(=N)c1ccc2[nH]nc(-c3ccc4cc(C(=O)NCCN5CCCC5)ccc4c3)c2c1.Cl.Cl. The zero-order chi connectivity index (χ0) is 23.5. The Kier molecular flexibility index (Phi) is 9.31. The number of fused-ring (bicyclic) bond motifs is 2. The first-order chi connectivity index (χ1) is 16.6. The highest BCUT2D eigenvalue weighted by molar-refractivity contribution is 6.02. The number of carbonyl (C=O) groups is 1. The molecule has 3 aromatic carbocycles. The number of H-pyrrole nitrogens is 1. The van der Waals surface area contributed by atoms with Crippen molar-refractivity contribution in [3.8, 4) is 11.3 Å². The molecular formula is C27H31Cl2N5O2. The highest BCUT2D eigenvalue weighted by Crippen LogP contribution is 2.30. The minimum Gasteiger partial charge on any atom is -0.478 e. The van der Waals surface area contributed by atoms with Gasteiger partial charge in [0.25, 0.3) is 5.91 Å². The first-order valence-corrected chi connectivity index (χ1v) is 11.9. The van der Waals surface area contributed by atoms with E-state index in [0.29, 0.717) is 18.7 Å². The van der Waals surface area contributed by atoms with E-state index in [9.17, 15) is 4.79 Å². The minimum atomic E-state index is -0.0345. The second kappa shape index (κ2) is 12.2. The number of likely N-dealkylation sites (tertiary alicyclic amines) is 1. The molecule has 3 N–H and O–H groups in total. The number of rotatable bonds is 7. The van der Waals surface area contributed by atoms with Crippen molar-refractivity contribution in [2.24, 2.45) is 0 Å². The Bertz CT molecular complexity index is 1370. The van der Waals surface area contributed by atoms with E-state index in [2.05, 4.69) is 26.5 Å². The van der Waals surface area contributed by atoms with Crippen LogP contribution in [0.2, 0.25) is 0 Å². The number of hydrogen-bond acceptors (Lipinski definition) is 5. The second-order valence-electron chi connectivity index (χ2n) is 8.68. The van der Waals surface area contributed by atoms with E-state index < -0.39 is 0 Å². The summed E-state index contributed by atoms with van der Waals surface area (Å²) in [5.74, 6) is 0.119. The largest absolute Gasteiger partial charge is 0.478 e. The van der Waals surface area contributed by atoms with Gasteiger partial charge in [-0.15, -0.1) is 24.8 Å². The van der Waals surface area contributed by atoms with Crippen LogP contribution in [-0.2, 0) is 4.74 Å². The van der Waals surface area contributed by atoms with Crippen molar-refractivity contribution >= 4 is 58.3 Å². The highest BCUT2D eigenvalue weighted by atomic mass is 35.5. The summed E-state index contributed by atoms with van der Waals surface area (Å²) in [6.45, 7) is 6.18. The molecule has 1 saturated heterocycles. The summed E-state index contributed by atoms with van der Waals surface area (Å²) in [5, 5.41) is 21.7. The third-order valence-electron chi connectivity index (χ3n) is 6.40. The van der Waals surface area contributed by atoms with Gasteiger partial charge in [-0.25, -0.2) is 0 Å². The number of aromatic amines is 1. The zero-order valence-corrected chi connectivity index (χ0v) is 21.8. The molecular weight excluding hydrogens is 497 g/mol. The van der Waals surface area contributed by atoms with E-state index >= 15 is 0 Å². The molecule has 4 aromatic rings. The summed E-state index contributed by atoms with van der Waals surface area (Å²) in [4.78, 5) is 15.0. The number of nitrogens with one attached hydrogen (secondary N) is 3. The highest BCUT2D eigenvalue weighted by Gasteiger charge is 2.14. The van der Waals surface area contributed by atoms with Gasteiger partial charge in [-0.05, 0) is 80.0 Å². The molecule has 7 nitrogen and oxygen atoms in total. The standard InChI is InChI=1S/C27H29N5O2.2ClH/c1-2-34-26(28)21-9-10-24-23(17-21)25(31-30-24)20-7-5-19-16-22(8-6-18(19)15-20)27(33)29-11-14-32-12-3-4-13-32;;/h5-10,15-17,28H,2-4,11-14H2,1H3,(H,29,33)(H,30,31);2*1H. The van der Waals surface area contributed by atoms with Crippen molar-refractivity contribution in [3.05, 3.63) is 65.7 Å². The third-order valence-corrected chi connectivity index (χ3v) is 6.40. The van der Waals surface area contributed by atoms with Gasteiger partial charge in [0.05, 0.1) is 17.8 Å². The van der Waals surface area contributed by atoms with Crippen molar-refractivity contribution in [3.63, 3.8) is 0 Å². The number of carbonyl (C=O) groups excluding carboxylic acids is 1. The number of hydrogen-bond donors (Lipinski definition) is 3. The van der Waals surface area contributed by atoms with Gasteiger partial charge in [0, 0.05) is 35.2 Å². The van der Waals surface area contributed by atoms with Crippen LogP contribution in [0.4, 0.5) is 0 Å². The van der Waals surface area contributed by atoms with Gasteiger partial charge in [0.2, 0.25) is 5.90 Å². The van der Waals surface area contributed by atoms with Crippen LogP contribution in [0.25, 0.3) is 32.9 Å². The van der Waals surface area contributed by atoms with Crippen LogP contribution < -0.4 is 5.32 Å². The van der Waals surface area contributed by atoms with Crippen molar-refractivity contribution in [2.45, 2.75) is 19.8 Å². The molecule has 1 aliphatic rings. The zero-order valence-electron chi connectivity index (χ0n) is 20.2. The molecule has 0 atom stereocenters. The van der Waals surface area contributed by atoms with Gasteiger partial charge in [-0.2, -0.15) is 5.10 Å². The first kappa shape index (κ1) is 27.5. The molecule has 2 heterocycles. The fourth-order valence-electron chi connectivity index (χ4n) is 4.57. The summed E-state index contributed by atoms with van der Waals surface area (Å²) in [6, 6.07) is 17.7. The number of ether oxygens (including phenoxy) is 1. The summed E-state index contributed by atoms with van der Waals surface area (Å²) in [5.41, 5.74) is 4.10. The van der Waals surface area contributed by atoms with Crippen LogP contribution in [0, 0.1) is 5.41 Å². The molecule has 190 valence electrons. The van der Waals surface area contributed by atoms with Crippen LogP contribution in [-0.4, -0.2) is 59.7 Å². The molecule has 0 radical (unpaired) electrons. The normalized spacial score (nSPS) is 13.2. The number of benzene rings is 3. The van der Waals surface area contributed by atoms with Gasteiger partial charge in [-0.1, -0.05) is 18.2 Å². The van der Waals surface area contributed by atoms with Gasteiger partial charge >= 0.3 is 0 Å². The lowest BCUT2D eigenvalue weighted by molar-refractivity contribution is 0.0950. The lowest BCUT2D eigenvalue weighted by Crippen LogP contribution is -2.33. The van der Waals surface area contributed by atoms with E-state index in [4.69, 9.17) is 10.1 Å². The molecule has 0 spiro atoms. The van der Waals surface area contributed by atoms with Gasteiger partial charge in [0.15, 0.2) is 0 Å². The average molecular weight is 528 g/mol. The summed E-state index contributed by atoms with van der Waals surface area (Å²) < 4.78 is 5.36. The van der Waals surface area contributed by atoms with Crippen molar-refractivity contribution in [1.29, 1.82) is 5.41 Å². The van der Waals surface area contributed by atoms with E-state index in [0.717, 1.165) is 58.1 Å². The topological polar surface area (TPSA) is 94.1 Å². The molecule has 5 rings (SSSR count). The monoisotopic (exact) mass is 527 g/mol. The Hall–Kier alpha value is -3.13. The lowest BCUT2D eigenvalue weighted by atomic mass is 10.0. The molecule has 1 fully saturated rings. The molecule has 1 aromatic heterocycles. The van der Waals surface area contributed by atoms with Crippen molar-refractivity contribution in [2.75, 3.05) is 32.8 Å². The predicted molar refractivity (Wildman–Crippen MR) is 150 cm³/mol. The Morgan fingerprint density at radius 2 is 1.75 bits per heavy atom. The van der Waals surface area contributed by atoms with Crippen molar-refractivity contribution in [1.82, 2.24) is 20.4 Å². The molecule has 0 unspecified atom stereocenters. The van der Waals surface area contributed by atoms with Crippen LogP contribution in [0.3, 0.4) is 0 Å². The van der Waals surface area contributed by atoms with Gasteiger partial charge in [0.1, 0.15) is 0 Å². The predicted octanol–water partition coefficient (Wildman–Crippen LogP) is 5.41. The van der Waals surface area contributed by atoms with Crippen LogP contribution in [0.5, 0.6) is 0 Å². The minimum absolute atomic E-state index is 0. The quantitative estimate of drug-likeness (QED) is 0.221. The first-order valence-electron chi connectivity index (χ1n) is 11.9. The smallest absolute Gasteiger partial charge is 0.251 e. The Morgan fingerprint density at radius 1 is 1.03 bits per heavy atom. The summed E-state index contributed by atoms with van der Waals surface area (Å²) in [7, 11) is 0. The maximum Gasteiger partial charge on any atom is 0.251 e. The maximum atomic E-state index is 12.6. The van der Waals surface area contributed by atoms with Gasteiger partial charge < -0.3 is 15.0 Å². The van der Waals surface area contributed by atoms with Crippen molar-refractivity contribution < 1.29 is 9.53 Å². The van der Waals surface area contributed by atoms with Crippen LogP contribution >= 0.6 is 24.8 Å². The van der Waals surface area contributed by atoms with Crippen LogP contribution in [0.15, 0.2) is 54.6 Å². The Morgan fingerprint density at radius 3 is 2.53 bits per heavy atom.